The number of carbonyl (C=O) groups is 2. The van der Waals surface area contributed by atoms with Gasteiger partial charge in [0.15, 0.2) is 23.8 Å². The molecular formula is C26H39N7O6. The topological polar surface area (TPSA) is 178 Å². The van der Waals surface area contributed by atoms with E-state index in [1.54, 1.807) is 6.92 Å². The van der Waals surface area contributed by atoms with Crippen LogP contribution in [0.25, 0.3) is 11.2 Å². The second-order valence-corrected chi connectivity index (χ2v) is 10.9. The fraction of sp³-hybridized carbons (Fsp3) is 0.731. The maximum absolute atomic E-state index is 12.3. The van der Waals surface area contributed by atoms with Crippen LogP contribution in [0.4, 0.5) is 10.6 Å². The number of nitrogens with two attached hydrogens (primary N) is 1. The average Bonchev–Trinajstić information content (AvgIpc) is 3.44. The Kier molecular flexibility index (Phi) is 8.48. The molecule has 4 heterocycles. The van der Waals surface area contributed by atoms with Crippen molar-refractivity contribution in [2.24, 2.45) is 11.8 Å². The number of fused-ring (bicyclic) bond motifs is 1. The number of nitrogen functional groups attached to an aromatic ring is 1. The first-order valence-electron chi connectivity index (χ1n) is 14.1. The van der Waals surface area contributed by atoms with E-state index < -0.39 is 30.4 Å². The third kappa shape index (κ3) is 5.94. The molecule has 13 nitrogen and oxygen atoms in total. The van der Waals surface area contributed by atoms with Crippen molar-refractivity contribution in [3.8, 4) is 0 Å². The number of hydrogen-bond donors (Lipinski definition) is 4. The summed E-state index contributed by atoms with van der Waals surface area (Å²) in [6, 6.07) is 0. The largest absolute Gasteiger partial charge is 0.449 e. The summed E-state index contributed by atoms with van der Waals surface area (Å²) in [5.74, 6) is 1.33. The predicted octanol–water partition coefficient (Wildman–Crippen LogP) is 1.14. The van der Waals surface area contributed by atoms with Crippen molar-refractivity contribution >= 4 is 29.0 Å². The molecule has 2 aromatic heterocycles. The first-order valence-corrected chi connectivity index (χ1v) is 14.1. The van der Waals surface area contributed by atoms with Crippen molar-refractivity contribution in [1.82, 2.24) is 29.7 Å². The number of nitrogens with zero attached hydrogens (tertiary/aromatic N) is 5. The van der Waals surface area contributed by atoms with Gasteiger partial charge in [0.05, 0.1) is 12.9 Å². The molecule has 3 fully saturated rings. The molecule has 0 bridgehead atoms. The van der Waals surface area contributed by atoms with Crippen molar-refractivity contribution in [3.05, 3.63) is 12.2 Å². The van der Waals surface area contributed by atoms with Gasteiger partial charge in [-0.3, -0.25) is 9.36 Å². The molecule has 5 rings (SSSR count). The Hall–Kier alpha value is -3.03. The van der Waals surface area contributed by atoms with Gasteiger partial charge in [0, 0.05) is 26.1 Å². The van der Waals surface area contributed by atoms with Crippen molar-refractivity contribution in [2.45, 2.75) is 82.8 Å². The lowest BCUT2D eigenvalue weighted by molar-refractivity contribution is -0.137. The number of aliphatic hydroxyl groups is 2. The molecule has 2 aromatic rings. The summed E-state index contributed by atoms with van der Waals surface area (Å²) in [5, 5.41) is 23.6. The number of rotatable bonds is 9. The molecule has 1 saturated carbocycles. The van der Waals surface area contributed by atoms with Crippen LogP contribution in [0.5, 0.6) is 0 Å². The molecule has 13 heteroatoms. The van der Waals surface area contributed by atoms with Crippen LogP contribution in [-0.2, 0) is 20.7 Å². The van der Waals surface area contributed by atoms with E-state index in [0.29, 0.717) is 48.4 Å². The standard InChI is InChI=1S/C26H39N7O6/c1-2-28-24(36)21-19(34)20(35)25(39-21)33-14-29-18-22(27)30-17(31-23(18)33)8-4-5-15-9-11-32(12-10-15)26(37)38-13-16-6-3-7-16/h14-16,19-21,25,34-35H,2-13H2,1H3,(H,28,36)(H2,27,30,31)/t19?,20-,21-,25+/m0/s1. The minimum atomic E-state index is -1.39. The molecule has 2 amide bonds. The van der Waals surface area contributed by atoms with Crippen LogP contribution in [0.3, 0.4) is 0 Å². The van der Waals surface area contributed by atoms with Gasteiger partial charge in [0.1, 0.15) is 23.5 Å². The third-order valence-corrected chi connectivity index (χ3v) is 8.17. The number of likely N-dealkylation sites (tertiary alicyclic amines) is 1. The van der Waals surface area contributed by atoms with Crippen LogP contribution in [0.2, 0.25) is 0 Å². The summed E-state index contributed by atoms with van der Waals surface area (Å²) in [6.45, 7) is 4.12. The summed E-state index contributed by atoms with van der Waals surface area (Å²) in [6.07, 6.45) is 4.13. The summed E-state index contributed by atoms with van der Waals surface area (Å²) in [5.41, 5.74) is 6.90. The molecule has 0 radical (unpaired) electrons. The maximum Gasteiger partial charge on any atom is 0.409 e. The van der Waals surface area contributed by atoms with Crippen molar-refractivity contribution in [3.63, 3.8) is 0 Å². The molecule has 5 N–H and O–H groups in total. The van der Waals surface area contributed by atoms with Crippen LogP contribution in [0.1, 0.15) is 63.9 Å². The van der Waals surface area contributed by atoms with Crippen LogP contribution in [0.15, 0.2) is 6.33 Å². The highest BCUT2D eigenvalue weighted by atomic mass is 16.6. The number of imidazole rings is 1. The third-order valence-electron chi connectivity index (χ3n) is 8.17. The SMILES string of the molecule is CCNC(=O)[C@H]1O[C@@H](n2cnc3c(N)nc(CCCC4CCN(C(=O)OCC5CCC5)CC4)nc32)[C@@H](O)C1O. The lowest BCUT2D eigenvalue weighted by Gasteiger charge is -2.32. The van der Waals surface area contributed by atoms with Gasteiger partial charge >= 0.3 is 6.09 Å². The number of carbonyl (C=O) groups excluding carboxylic acids is 2. The van der Waals surface area contributed by atoms with Crippen LogP contribution < -0.4 is 11.1 Å². The molecule has 3 aliphatic rings. The van der Waals surface area contributed by atoms with Gasteiger partial charge in [-0.25, -0.2) is 19.7 Å². The second-order valence-electron chi connectivity index (χ2n) is 10.9. The number of aliphatic hydroxyl groups excluding tert-OH is 2. The van der Waals surface area contributed by atoms with Gasteiger partial charge in [0.2, 0.25) is 0 Å². The average molecular weight is 546 g/mol. The Labute approximate surface area is 227 Å². The summed E-state index contributed by atoms with van der Waals surface area (Å²) >= 11 is 0. The number of piperidine rings is 1. The lowest BCUT2D eigenvalue weighted by atomic mass is 9.86. The number of amides is 2. The van der Waals surface area contributed by atoms with Gasteiger partial charge in [-0.1, -0.05) is 6.42 Å². The van der Waals surface area contributed by atoms with E-state index in [1.165, 1.54) is 17.3 Å². The van der Waals surface area contributed by atoms with Crippen molar-refractivity contribution in [2.75, 3.05) is 32.0 Å². The molecular weight excluding hydrogens is 506 g/mol. The Bertz CT molecular complexity index is 1160. The van der Waals surface area contributed by atoms with E-state index in [-0.39, 0.29) is 11.9 Å². The van der Waals surface area contributed by atoms with Gasteiger partial charge in [-0.2, -0.15) is 0 Å². The monoisotopic (exact) mass is 545 g/mol. The minimum absolute atomic E-state index is 0.185. The Balaban J connectivity index is 1.15. The lowest BCUT2D eigenvalue weighted by Crippen LogP contribution is -2.42. The first kappa shape index (κ1) is 27.5. The van der Waals surface area contributed by atoms with Gasteiger partial charge in [0.25, 0.3) is 5.91 Å². The van der Waals surface area contributed by atoms with E-state index in [9.17, 15) is 19.8 Å². The number of aryl methyl sites for hydroxylation is 1. The smallest absolute Gasteiger partial charge is 0.409 e. The summed E-state index contributed by atoms with van der Waals surface area (Å²) in [4.78, 5) is 39.7. The highest BCUT2D eigenvalue weighted by Crippen LogP contribution is 2.33. The number of nitrogens with one attached hydrogen (secondary N) is 1. The number of aromatic nitrogens is 4. The van der Waals surface area contributed by atoms with Gasteiger partial charge in [-0.05, 0) is 57.3 Å². The van der Waals surface area contributed by atoms with E-state index >= 15 is 0 Å². The van der Waals surface area contributed by atoms with E-state index in [4.69, 9.17) is 15.2 Å². The van der Waals surface area contributed by atoms with Crippen LogP contribution in [-0.4, -0.2) is 91.2 Å². The Morgan fingerprint density at radius 2 is 1.92 bits per heavy atom. The first-order chi connectivity index (χ1) is 18.9. The number of anilines is 1. The molecule has 39 heavy (non-hydrogen) atoms. The zero-order valence-corrected chi connectivity index (χ0v) is 22.4. The zero-order chi connectivity index (χ0) is 27.5. The molecule has 1 unspecified atom stereocenters. The fourth-order valence-electron chi connectivity index (χ4n) is 5.56. The van der Waals surface area contributed by atoms with Gasteiger partial charge < -0.3 is 35.6 Å². The number of likely N-dealkylation sites (N-methyl/N-ethyl adjacent to an activating group) is 1. The zero-order valence-electron chi connectivity index (χ0n) is 22.4. The molecule has 2 aliphatic heterocycles. The van der Waals surface area contributed by atoms with Crippen LogP contribution >= 0.6 is 0 Å². The van der Waals surface area contributed by atoms with E-state index in [0.717, 1.165) is 51.6 Å². The minimum Gasteiger partial charge on any atom is -0.449 e. The second kappa shape index (κ2) is 12.0. The highest BCUT2D eigenvalue weighted by molar-refractivity contribution is 5.83. The number of ether oxygens (including phenoxy) is 2. The molecule has 0 aromatic carbocycles. The Morgan fingerprint density at radius 3 is 2.62 bits per heavy atom. The van der Waals surface area contributed by atoms with E-state index in [1.807, 2.05) is 4.90 Å². The van der Waals surface area contributed by atoms with Crippen molar-refractivity contribution < 1.29 is 29.3 Å². The molecule has 214 valence electrons. The van der Waals surface area contributed by atoms with Gasteiger partial charge in [-0.15, -0.1) is 0 Å². The van der Waals surface area contributed by atoms with E-state index in [2.05, 4.69) is 20.3 Å². The number of hydrogen-bond acceptors (Lipinski definition) is 10. The summed E-state index contributed by atoms with van der Waals surface area (Å²) in [7, 11) is 0. The maximum atomic E-state index is 12.3. The van der Waals surface area contributed by atoms with Crippen molar-refractivity contribution in [1.29, 1.82) is 0 Å². The normalized spacial score (nSPS) is 26.1. The fourth-order valence-corrected chi connectivity index (χ4v) is 5.56. The highest BCUT2D eigenvalue weighted by Gasteiger charge is 2.47. The molecule has 0 spiro atoms. The van der Waals surface area contributed by atoms with Crippen LogP contribution in [0, 0.1) is 11.8 Å². The molecule has 1 aliphatic carbocycles. The molecule has 4 atom stereocenters. The summed E-state index contributed by atoms with van der Waals surface area (Å²) < 4.78 is 12.7. The Morgan fingerprint density at radius 1 is 1.15 bits per heavy atom. The molecule has 2 saturated heterocycles. The quantitative estimate of drug-likeness (QED) is 0.357. The predicted molar refractivity (Wildman–Crippen MR) is 140 cm³/mol.